The van der Waals surface area contributed by atoms with Crippen molar-refractivity contribution < 1.29 is 23.3 Å². The lowest BCUT2D eigenvalue weighted by Crippen LogP contribution is -2.47. The quantitative estimate of drug-likeness (QED) is 0.811. The first-order valence-corrected chi connectivity index (χ1v) is 9.78. The number of amides is 2. The van der Waals surface area contributed by atoms with Crippen LogP contribution in [0.1, 0.15) is 17.3 Å². The van der Waals surface area contributed by atoms with E-state index in [-0.39, 0.29) is 18.0 Å². The molecule has 0 radical (unpaired) electrons. The second-order valence-corrected chi connectivity index (χ2v) is 7.34. The molecule has 0 unspecified atom stereocenters. The fourth-order valence-corrected chi connectivity index (χ4v) is 3.54. The van der Waals surface area contributed by atoms with E-state index < -0.39 is 28.8 Å². The number of ether oxygens (including phenoxy) is 1. The summed E-state index contributed by atoms with van der Waals surface area (Å²) >= 11 is 0. The van der Waals surface area contributed by atoms with Crippen LogP contribution in [0.5, 0.6) is 0 Å². The summed E-state index contributed by atoms with van der Waals surface area (Å²) in [6.45, 7) is 1.29. The van der Waals surface area contributed by atoms with Gasteiger partial charge in [0.05, 0.1) is 32.6 Å². The van der Waals surface area contributed by atoms with E-state index >= 15 is 0 Å². The number of nitrogens with zero attached hydrogens (tertiary/aromatic N) is 1. The fraction of sp³-hybridized carbons (Fsp3) is 0.211. The zero-order valence-corrected chi connectivity index (χ0v) is 15.6. The lowest BCUT2D eigenvalue weighted by molar-refractivity contribution is -0.128. The molecular formula is C19H18N2O5S. The average molecular weight is 386 g/mol. The molecule has 0 fully saturated rings. The summed E-state index contributed by atoms with van der Waals surface area (Å²) in [5.74, 6) is -1.58. The third-order valence-electron chi connectivity index (χ3n) is 4.08. The van der Waals surface area contributed by atoms with Gasteiger partial charge in [-0.15, -0.1) is 0 Å². The number of fused-ring (bicyclic) bond motifs is 1. The smallest absolute Gasteiger partial charge is 0.340 e. The molecule has 0 aliphatic carbocycles. The summed E-state index contributed by atoms with van der Waals surface area (Å²) in [6.07, 6.45) is 0.346. The molecule has 1 aliphatic rings. The molecule has 2 aromatic carbocycles. The average Bonchev–Trinajstić information content (AvgIpc) is 2.66. The Hall–Kier alpha value is -3.00. The van der Waals surface area contributed by atoms with Crippen LogP contribution in [-0.2, 0) is 25.1 Å². The summed E-state index contributed by atoms with van der Waals surface area (Å²) in [4.78, 5) is 38.8. The zero-order chi connectivity index (χ0) is 19.6. The minimum Gasteiger partial charge on any atom is -0.449 e. The third kappa shape index (κ3) is 3.90. The first-order valence-electron chi connectivity index (χ1n) is 8.22. The highest BCUT2D eigenvalue weighted by molar-refractivity contribution is 7.84. The number of hydrogen-bond donors (Lipinski definition) is 1. The van der Waals surface area contributed by atoms with Crippen molar-refractivity contribution in [2.45, 2.75) is 17.9 Å². The van der Waals surface area contributed by atoms with Crippen LogP contribution in [0, 0.1) is 0 Å². The van der Waals surface area contributed by atoms with Gasteiger partial charge in [-0.3, -0.25) is 18.7 Å². The molecule has 1 N–H and O–H groups in total. The predicted molar refractivity (Wildman–Crippen MR) is 101 cm³/mol. The Labute approximate surface area is 158 Å². The van der Waals surface area contributed by atoms with Crippen molar-refractivity contribution in [2.75, 3.05) is 23.0 Å². The fourth-order valence-electron chi connectivity index (χ4n) is 2.81. The van der Waals surface area contributed by atoms with Gasteiger partial charge >= 0.3 is 5.97 Å². The molecule has 0 aromatic heterocycles. The molecule has 2 aromatic rings. The van der Waals surface area contributed by atoms with Crippen molar-refractivity contribution in [1.82, 2.24) is 0 Å². The molecule has 0 saturated heterocycles. The van der Waals surface area contributed by atoms with E-state index in [1.807, 2.05) is 0 Å². The van der Waals surface area contributed by atoms with Gasteiger partial charge in [-0.25, -0.2) is 4.79 Å². The molecule has 7 nitrogen and oxygen atoms in total. The molecule has 0 spiro atoms. The third-order valence-corrected chi connectivity index (χ3v) is 5.06. The minimum absolute atomic E-state index is 0.148. The van der Waals surface area contributed by atoms with Crippen molar-refractivity contribution in [1.29, 1.82) is 0 Å². The van der Waals surface area contributed by atoms with Crippen LogP contribution < -0.4 is 10.2 Å². The zero-order valence-electron chi connectivity index (χ0n) is 14.8. The largest absolute Gasteiger partial charge is 0.449 e. The topological polar surface area (TPSA) is 92.8 Å². The maximum absolute atomic E-state index is 12.8. The molecule has 2 amide bonds. The number of esters is 1. The summed E-state index contributed by atoms with van der Waals surface area (Å²) in [7, 11) is -1.37. The Balaban J connectivity index is 1.80. The van der Waals surface area contributed by atoms with E-state index in [1.54, 1.807) is 42.5 Å². The maximum Gasteiger partial charge on any atom is 0.340 e. The molecule has 140 valence electrons. The van der Waals surface area contributed by atoms with Crippen molar-refractivity contribution in [3.8, 4) is 0 Å². The normalized spacial score (nSPS) is 15.3. The minimum atomic E-state index is -1.37. The Morgan fingerprint density at radius 1 is 1.15 bits per heavy atom. The molecule has 0 saturated carbocycles. The molecule has 27 heavy (non-hydrogen) atoms. The number of hydrogen-bond acceptors (Lipinski definition) is 5. The molecule has 8 heteroatoms. The van der Waals surface area contributed by atoms with Crippen LogP contribution in [0.25, 0.3) is 0 Å². The van der Waals surface area contributed by atoms with Crippen molar-refractivity contribution in [2.24, 2.45) is 0 Å². The van der Waals surface area contributed by atoms with Crippen molar-refractivity contribution >= 4 is 40.0 Å². The van der Waals surface area contributed by atoms with Gasteiger partial charge in [0.25, 0.3) is 5.91 Å². The van der Waals surface area contributed by atoms with Gasteiger partial charge in [-0.2, -0.15) is 0 Å². The highest BCUT2D eigenvalue weighted by atomic mass is 32.2. The Bertz CT molecular complexity index is 943. The van der Waals surface area contributed by atoms with E-state index in [0.29, 0.717) is 16.3 Å². The SMILES string of the molecule is C[C@H](OC(=O)c1ccccc1[S@@](C)=O)C(=O)N1CC(=O)Nc2ccccc21. The lowest BCUT2D eigenvalue weighted by atomic mass is 10.1. The molecular weight excluding hydrogens is 368 g/mol. The van der Waals surface area contributed by atoms with E-state index in [4.69, 9.17) is 4.74 Å². The number of anilines is 2. The number of carbonyl (C=O) groups excluding carboxylic acids is 3. The highest BCUT2D eigenvalue weighted by Gasteiger charge is 2.31. The molecule has 0 bridgehead atoms. The maximum atomic E-state index is 12.8. The Morgan fingerprint density at radius 3 is 2.56 bits per heavy atom. The second kappa shape index (κ2) is 7.71. The standard InChI is InChI=1S/C19H18N2O5S/c1-12(26-19(24)13-7-3-6-10-16(13)27(2)25)18(23)21-11-17(22)20-14-8-4-5-9-15(14)21/h3-10,12H,11H2,1-2H3,(H,20,22)/t12-,27+/m0/s1. The highest BCUT2D eigenvalue weighted by Crippen LogP contribution is 2.29. The van der Waals surface area contributed by atoms with E-state index in [9.17, 15) is 18.6 Å². The van der Waals surface area contributed by atoms with Crippen LogP contribution in [0.2, 0.25) is 0 Å². The molecule has 1 aliphatic heterocycles. The summed E-state index contributed by atoms with van der Waals surface area (Å²) in [5.41, 5.74) is 1.21. The number of carbonyl (C=O) groups is 3. The van der Waals surface area contributed by atoms with Crippen LogP contribution in [0.4, 0.5) is 11.4 Å². The van der Waals surface area contributed by atoms with Crippen LogP contribution in [-0.4, -0.2) is 40.9 Å². The number of para-hydroxylation sites is 2. The number of benzene rings is 2. The van der Waals surface area contributed by atoms with Gasteiger partial charge in [0.2, 0.25) is 5.91 Å². The summed E-state index contributed by atoms with van der Waals surface area (Å²) in [6, 6.07) is 13.3. The van der Waals surface area contributed by atoms with E-state index in [0.717, 1.165) is 0 Å². The Morgan fingerprint density at radius 2 is 1.81 bits per heavy atom. The monoisotopic (exact) mass is 386 g/mol. The van der Waals surface area contributed by atoms with Gasteiger partial charge in [-0.1, -0.05) is 24.3 Å². The second-order valence-electron chi connectivity index (χ2n) is 5.99. The van der Waals surface area contributed by atoms with Gasteiger partial charge in [0, 0.05) is 6.26 Å². The van der Waals surface area contributed by atoms with E-state index in [2.05, 4.69) is 5.32 Å². The van der Waals surface area contributed by atoms with Gasteiger partial charge < -0.3 is 10.1 Å². The summed E-state index contributed by atoms with van der Waals surface area (Å²) in [5, 5.41) is 2.70. The molecule has 3 rings (SSSR count). The van der Waals surface area contributed by atoms with Gasteiger partial charge in [0.15, 0.2) is 6.10 Å². The van der Waals surface area contributed by atoms with Crippen LogP contribution in [0.3, 0.4) is 0 Å². The summed E-state index contributed by atoms with van der Waals surface area (Å²) < 4.78 is 17.1. The molecule has 2 atom stereocenters. The predicted octanol–water partition coefficient (Wildman–Crippen LogP) is 1.95. The van der Waals surface area contributed by atoms with Crippen molar-refractivity contribution in [3.05, 3.63) is 54.1 Å². The van der Waals surface area contributed by atoms with E-state index in [1.165, 1.54) is 24.1 Å². The van der Waals surface area contributed by atoms with Crippen molar-refractivity contribution in [3.63, 3.8) is 0 Å². The van der Waals surface area contributed by atoms with Crippen LogP contribution in [0.15, 0.2) is 53.4 Å². The van der Waals surface area contributed by atoms with Gasteiger partial charge in [-0.05, 0) is 31.2 Å². The molecule has 1 heterocycles. The number of nitrogens with one attached hydrogen (secondary N) is 1. The van der Waals surface area contributed by atoms with Crippen LogP contribution >= 0.6 is 0 Å². The lowest BCUT2D eigenvalue weighted by Gasteiger charge is -2.30. The number of rotatable bonds is 4. The first kappa shape index (κ1) is 18.8. The Kier molecular flexibility index (Phi) is 5.36. The first-order chi connectivity index (χ1) is 12.9. The van der Waals surface area contributed by atoms with Gasteiger partial charge in [0.1, 0.15) is 6.54 Å².